The first-order chi connectivity index (χ1) is 15.1. The predicted octanol–water partition coefficient (Wildman–Crippen LogP) is 3.44. The van der Waals surface area contributed by atoms with Crippen molar-refractivity contribution in [1.82, 2.24) is 19.9 Å². The molecule has 0 unspecified atom stereocenters. The van der Waals surface area contributed by atoms with E-state index < -0.39 is 5.76 Å². The van der Waals surface area contributed by atoms with Gasteiger partial charge in [-0.15, -0.1) is 16.4 Å². The van der Waals surface area contributed by atoms with Gasteiger partial charge in [0.05, 0.1) is 5.01 Å². The van der Waals surface area contributed by atoms with Crippen molar-refractivity contribution in [3.63, 3.8) is 0 Å². The number of nitrogens with one attached hydrogen (secondary N) is 1. The van der Waals surface area contributed by atoms with Crippen molar-refractivity contribution in [2.24, 2.45) is 0 Å². The first-order valence-electron chi connectivity index (χ1n) is 9.95. The van der Waals surface area contributed by atoms with Gasteiger partial charge in [-0.3, -0.25) is 4.79 Å². The number of thiazole rings is 1. The summed E-state index contributed by atoms with van der Waals surface area (Å²) in [5.41, 5.74) is 4.13. The van der Waals surface area contributed by atoms with Crippen molar-refractivity contribution in [1.29, 1.82) is 0 Å². The van der Waals surface area contributed by atoms with Crippen LogP contribution in [0.3, 0.4) is 0 Å². The summed E-state index contributed by atoms with van der Waals surface area (Å²) in [6.07, 6.45) is 4.22. The lowest BCUT2D eigenvalue weighted by atomic mass is 9.90. The van der Waals surface area contributed by atoms with Crippen LogP contribution in [0.4, 0.5) is 5.69 Å². The number of benzene rings is 1. The molecule has 31 heavy (non-hydrogen) atoms. The van der Waals surface area contributed by atoms with Crippen molar-refractivity contribution in [3.8, 4) is 23.0 Å². The third-order valence-corrected chi connectivity index (χ3v) is 5.94. The van der Waals surface area contributed by atoms with Crippen molar-refractivity contribution < 1.29 is 13.7 Å². The fourth-order valence-corrected chi connectivity index (χ4v) is 4.31. The van der Waals surface area contributed by atoms with E-state index in [1.807, 2.05) is 24.4 Å². The number of anilines is 1. The number of carbonyl (C=O) groups is 1. The Morgan fingerprint density at radius 2 is 2.13 bits per heavy atom. The lowest BCUT2D eigenvalue weighted by Gasteiger charge is -2.19. The summed E-state index contributed by atoms with van der Waals surface area (Å²) in [6, 6.07) is 7.51. The van der Waals surface area contributed by atoms with E-state index in [9.17, 15) is 9.59 Å². The number of nitrogens with zero attached hydrogens (tertiary/aromatic N) is 4. The molecule has 1 aliphatic rings. The molecular formula is C21H19N5O4S. The fourth-order valence-electron chi connectivity index (χ4n) is 3.71. The van der Waals surface area contributed by atoms with E-state index in [-0.39, 0.29) is 24.0 Å². The van der Waals surface area contributed by atoms with Crippen LogP contribution in [0.1, 0.15) is 29.0 Å². The van der Waals surface area contributed by atoms with Crippen LogP contribution in [0.15, 0.2) is 43.4 Å². The standard InChI is InChI=1S/C21H19N5O4S/c1-12-22-17(11-31-12)18-9-16(25-30-18)20-24-26(21(28)29-20)10-19(27)23-15-8-4-6-13-5-2-3-7-14(13)15/h4,6,8-9,11H,2-3,5,7,10H2,1H3,(H,23,27). The number of rotatable bonds is 5. The Hall–Kier alpha value is -3.53. The summed E-state index contributed by atoms with van der Waals surface area (Å²) in [5, 5.41) is 13.6. The van der Waals surface area contributed by atoms with E-state index in [0.717, 1.165) is 41.1 Å². The molecule has 0 bridgehead atoms. The zero-order chi connectivity index (χ0) is 21.4. The molecule has 158 valence electrons. The molecule has 10 heteroatoms. The minimum atomic E-state index is -0.741. The van der Waals surface area contributed by atoms with E-state index in [4.69, 9.17) is 8.94 Å². The summed E-state index contributed by atoms with van der Waals surface area (Å²) in [6.45, 7) is 1.63. The van der Waals surface area contributed by atoms with Gasteiger partial charge in [0.15, 0.2) is 11.5 Å². The van der Waals surface area contributed by atoms with Gasteiger partial charge in [-0.2, -0.15) is 4.68 Å². The Morgan fingerprint density at radius 1 is 1.26 bits per heavy atom. The molecule has 0 saturated heterocycles. The van der Waals surface area contributed by atoms with Gasteiger partial charge in [0, 0.05) is 17.1 Å². The van der Waals surface area contributed by atoms with E-state index >= 15 is 0 Å². The Bertz CT molecular complexity index is 1320. The van der Waals surface area contributed by atoms with E-state index in [1.165, 1.54) is 22.5 Å². The largest absolute Gasteiger partial charge is 0.437 e. The zero-order valence-corrected chi connectivity index (χ0v) is 17.6. The lowest BCUT2D eigenvalue weighted by Crippen LogP contribution is -2.26. The summed E-state index contributed by atoms with van der Waals surface area (Å²) in [4.78, 5) is 29.1. The van der Waals surface area contributed by atoms with Gasteiger partial charge in [0.1, 0.15) is 12.2 Å². The average molecular weight is 437 g/mol. The molecule has 0 aliphatic heterocycles. The Balaban J connectivity index is 1.32. The fraction of sp³-hybridized carbons (Fsp3) is 0.286. The number of fused-ring (bicyclic) bond motifs is 1. The van der Waals surface area contributed by atoms with Crippen molar-refractivity contribution in [2.45, 2.75) is 39.2 Å². The molecular weight excluding hydrogens is 418 g/mol. The maximum absolute atomic E-state index is 12.6. The summed E-state index contributed by atoms with van der Waals surface area (Å²) in [5.74, 6) is -0.658. The van der Waals surface area contributed by atoms with Crippen LogP contribution in [0.25, 0.3) is 23.0 Å². The van der Waals surface area contributed by atoms with Gasteiger partial charge < -0.3 is 14.3 Å². The Labute approximate surface area is 180 Å². The lowest BCUT2D eigenvalue weighted by molar-refractivity contribution is -0.117. The topological polar surface area (TPSA) is 116 Å². The van der Waals surface area contributed by atoms with Crippen LogP contribution >= 0.6 is 11.3 Å². The normalized spacial score (nSPS) is 13.2. The molecule has 0 saturated carbocycles. The van der Waals surface area contributed by atoms with Crippen LogP contribution in [-0.2, 0) is 24.2 Å². The molecule has 1 amide bonds. The van der Waals surface area contributed by atoms with Gasteiger partial charge in [0.2, 0.25) is 5.91 Å². The minimum Gasteiger partial charge on any atom is -0.386 e. The van der Waals surface area contributed by atoms with Crippen LogP contribution in [0.2, 0.25) is 0 Å². The molecule has 0 spiro atoms. The zero-order valence-electron chi connectivity index (χ0n) is 16.8. The molecule has 3 aromatic heterocycles. The van der Waals surface area contributed by atoms with E-state index in [2.05, 4.69) is 26.6 Å². The van der Waals surface area contributed by atoms with Gasteiger partial charge in [-0.05, 0) is 49.8 Å². The number of carbonyl (C=O) groups excluding carboxylic acids is 1. The number of hydrogen-bond donors (Lipinski definition) is 1. The number of hydrogen-bond acceptors (Lipinski definition) is 8. The van der Waals surface area contributed by atoms with Crippen LogP contribution in [0, 0.1) is 6.92 Å². The Morgan fingerprint density at radius 3 is 2.97 bits per heavy atom. The van der Waals surface area contributed by atoms with Crippen molar-refractivity contribution in [2.75, 3.05) is 5.32 Å². The molecule has 1 aromatic carbocycles. The first kappa shape index (κ1) is 19.4. The van der Waals surface area contributed by atoms with Gasteiger partial charge >= 0.3 is 5.76 Å². The third kappa shape index (κ3) is 3.93. The monoisotopic (exact) mass is 437 g/mol. The molecule has 5 rings (SSSR count). The predicted molar refractivity (Wildman–Crippen MR) is 114 cm³/mol. The molecule has 1 N–H and O–H groups in total. The summed E-state index contributed by atoms with van der Waals surface area (Å²) in [7, 11) is 0. The Kier molecular flexibility index (Phi) is 4.99. The van der Waals surface area contributed by atoms with Gasteiger partial charge in [0.25, 0.3) is 5.89 Å². The smallest absolute Gasteiger partial charge is 0.386 e. The van der Waals surface area contributed by atoms with E-state index in [1.54, 1.807) is 6.07 Å². The van der Waals surface area contributed by atoms with Crippen molar-refractivity contribution >= 4 is 22.9 Å². The summed E-state index contributed by atoms with van der Waals surface area (Å²) >= 11 is 1.49. The molecule has 3 heterocycles. The summed E-state index contributed by atoms with van der Waals surface area (Å²) < 4.78 is 11.4. The highest BCUT2D eigenvalue weighted by Crippen LogP contribution is 2.28. The molecule has 0 fully saturated rings. The first-order valence-corrected chi connectivity index (χ1v) is 10.8. The molecule has 1 aliphatic carbocycles. The second-order valence-electron chi connectivity index (χ2n) is 7.36. The molecule has 0 atom stereocenters. The van der Waals surface area contributed by atoms with Crippen LogP contribution < -0.4 is 11.1 Å². The quantitative estimate of drug-likeness (QED) is 0.508. The number of aryl methyl sites for hydroxylation is 2. The highest BCUT2D eigenvalue weighted by Gasteiger charge is 2.19. The van der Waals surface area contributed by atoms with Gasteiger partial charge in [-0.1, -0.05) is 17.3 Å². The average Bonchev–Trinajstić information content (AvgIpc) is 3.49. The van der Waals surface area contributed by atoms with Crippen LogP contribution in [0.5, 0.6) is 0 Å². The van der Waals surface area contributed by atoms with E-state index in [0.29, 0.717) is 11.5 Å². The second-order valence-corrected chi connectivity index (χ2v) is 8.42. The highest BCUT2D eigenvalue weighted by molar-refractivity contribution is 7.09. The SMILES string of the molecule is Cc1nc(-c2cc(-c3nn(CC(=O)Nc4cccc5c4CCCC5)c(=O)o3)no2)cs1. The van der Waals surface area contributed by atoms with Crippen LogP contribution in [-0.4, -0.2) is 25.8 Å². The highest BCUT2D eigenvalue weighted by atomic mass is 32.1. The number of amides is 1. The molecule has 0 radical (unpaired) electrons. The maximum Gasteiger partial charge on any atom is 0.437 e. The second kappa shape index (κ2) is 7.95. The number of aromatic nitrogens is 4. The maximum atomic E-state index is 12.6. The van der Waals surface area contributed by atoms with Gasteiger partial charge in [-0.25, -0.2) is 9.78 Å². The minimum absolute atomic E-state index is 0.0168. The molecule has 4 aromatic rings. The molecule has 9 nitrogen and oxygen atoms in total. The van der Waals surface area contributed by atoms with Crippen molar-refractivity contribution in [3.05, 3.63) is 56.3 Å². The third-order valence-electron chi connectivity index (χ3n) is 5.17.